The smallest absolute Gasteiger partial charge is 0.337 e. The van der Waals surface area contributed by atoms with Crippen molar-refractivity contribution in [3.8, 4) is 5.75 Å². The summed E-state index contributed by atoms with van der Waals surface area (Å²) < 4.78 is 14.4. The van der Waals surface area contributed by atoms with Gasteiger partial charge in [-0.25, -0.2) is 9.59 Å². The van der Waals surface area contributed by atoms with Gasteiger partial charge in [-0.05, 0) is 30.3 Å². The van der Waals surface area contributed by atoms with Crippen LogP contribution in [0, 0.1) is 10.1 Å². The maximum absolute atomic E-state index is 12.2. The van der Waals surface area contributed by atoms with Crippen LogP contribution in [-0.4, -0.2) is 43.6 Å². The topological polar surface area (TPSA) is 134 Å². The Balaban J connectivity index is 2.17. The van der Waals surface area contributed by atoms with Crippen molar-refractivity contribution in [3.63, 3.8) is 0 Å². The summed E-state index contributed by atoms with van der Waals surface area (Å²) in [5.74, 6) is -2.28. The van der Waals surface area contributed by atoms with Gasteiger partial charge in [0.15, 0.2) is 12.4 Å². The molecule has 0 unspecified atom stereocenters. The van der Waals surface area contributed by atoms with Crippen molar-refractivity contribution in [3.05, 3.63) is 62.7 Å². The third kappa shape index (κ3) is 5.66. The molecule has 29 heavy (non-hydrogen) atoms. The number of carbonyl (C=O) groups excluding carboxylic acids is 3. The third-order valence-corrected chi connectivity index (χ3v) is 3.77. The van der Waals surface area contributed by atoms with Crippen molar-refractivity contribution in [2.24, 2.45) is 0 Å². The number of hydrogen-bond acceptors (Lipinski definition) is 8. The second-order valence-electron chi connectivity index (χ2n) is 5.49. The average molecular weight is 423 g/mol. The second-order valence-corrected chi connectivity index (χ2v) is 5.92. The number of halogens is 1. The Hall–Kier alpha value is -3.66. The minimum atomic E-state index is -0.723. The van der Waals surface area contributed by atoms with Gasteiger partial charge in [-0.15, -0.1) is 0 Å². The van der Waals surface area contributed by atoms with Crippen molar-refractivity contribution < 1.29 is 33.5 Å². The zero-order valence-corrected chi connectivity index (χ0v) is 16.0. The highest BCUT2D eigenvalue weighted by Crippen LogP contribution is 2.29. The van der Waals surface area contributed by atoms with Gasteiger partial charge >= 0.3 is 17.6 Å². The van der Waals surface area contributed by atoms with Crippen molar-refractivity contribution in [1.29, 1.82) is 0 Å². The molecule has 0 bridgehead atoms. The van der Waals surface area contributed by atoms with Gasteiger partial charge in [0.1, 0.15) is 0 Å². The number of benzene rings is 2. The van der Waals surface area contributed by atoms with Crippen LogP contribution in [-0.2, 0) is 14.3 Å². The monoisotopic (exact) mass is 422 g/mol. The Labute approximate surface area is 169 Å². The van der Waals surface area contributed by atoms with E-state index < -0.39 is 35.1 Å². The molecule has 2 rings (SSSR count). The molecule has 0 atom stereocenters. The predicted molar refractivity (Wildman–Crippen MR) is 101 cm³/mol. The zero-order valence-electron chi connectivity index (χ0n) is 15.3. The van der Waals surface area contributed by atoms with E-state index >= 15 is 0 Å². The molecule has 2 aromatic rings. The maximum Gasteiger partial charge on any atom is 0.337 e. The second kappa shape index (κ2) is 9.51. The quantitative estimate of drug-likeness (QED) is 0.409. The Bertz CT molecular complexity index is 942. The van der Waals surface area contributed by atoms with Gasteiger partial charge in [0.05, 0.1) is 30.3 Å². The molecule has 2 aromatic carbocycles. The van der Waals surface area contributed by atoms with E-state index in [0.717, 1.165) is 20.3 Å². The molecule has 0 aliphatic heterocycles. The summed E-state index contributed by atoms with van der Waals surface area (Å²) in [6.07, 6.45) is 0. The predicted octanol–water partition coefficient (Wildman–Crippen LogP) is 2.84. The van der Waals surface area contributed by atoms with Gasteiger partial charge in [0, 0.05) is 16.8 Å². The number of nitro groups is 1. The number of amides is 1. The maximum atomic E-state index is 12.2. The molecule has 0 aliphatic rings. The lowest BCUT2D eigenvalue weighted by Crippen LogP contribution is -2.21. The van der Waals surface area contributed by atoms with Gasteiger partial charge in [0.25, 0.3) is 5.91 Å². The standard InChI is InChI=1S/C18H15ClN2O8/c1-27-17(23)10-5-11(18(24)28-2)7-13(6-10)20-16(22)9-29-15-4-3-12(19)8-14(15)21(25)26/h3-8H,9H2,1-2H3,(H,20,22). The van der Waals surface area contributed by atoms with E-state index in [0.29, 0.717) is 0 Å². The third-order valence-electron chi connectivity index (χ3n) is 3.54. The van der Waals surface area contributed by atoms with Crippen molar-refractivity contribution in [2.75, 3.05) is 26.1 Å². The van der Waals surface area contributed by atoms with Crippen molar-refractivity contribution in [2.45, 2.75) is 0 Å². The molecule has 0 aliphatic carbocycles. The fourth-order valence-corrected chi connectivity index (χ4v) is 2.43. The molecule has 10 nitrogen and oxygen atoms in total. The highest BCUT2D eigenvalue weighted by molar-refractivity contribution is 6.30. The molecule has 0 saturated heterocycles. The first-order chi connectivity index (χ1) is 13.7. The zero-order chi connectivity index (χ0) is 21.6. The first kappa shape index (κ1) is 21.6. The van der Waals surface area contributed by atoms with Crippen LogP contribution in [0.5, 0.6) is 5.75 Å². The minimum Gasteiger partial charge on any atom is -0.477 e. The van der Waals surface area contributed by atoms with E-state index in [4.69, 9.17) is 16.3 Å². The number of carbonyl (C=O) groups is 3. The molecule has 11 heteroatoms. The van der Waals surface area contributed by atoms with Gasteiger partial charge in [-0.2, -0.15) is 0 Å². The number of anilines is 1. The van der Waals surface area contributed by atoms with Crippen LogP contribution in [0.25, 0.3) is 0 Å². The molecule has 152 valence electrons. The lowest BCUT2D eigenvalue weighted by Gasteiger charge is -2.10. The Morgan fingerprint density at radius 1 is 1.03 bits per heavy atom. The summed E-state index contributed by atoms with van der Waals surface area (Å²) in [6.45, 7) is -0.571. The van der Waals surface area contributed by atoms with Crippen LogP contribution < -0.4 is 10.1 Å². The van der Waals surface area contributed by atoms with Crippen LogP contribution >= 0.6 is 11.6 Å². The number of methoxy groups -OCH3 is 2. The molecule has 0 radical (unpaired) electrons. The van der Waals surface area contributed by atoms with Crippen LogP contribution in [0.15, 0.2) is 36.4 Å². The fraction of sp³-hybridized carbons (Fsp3) is 0.167. The van der Waals surface area contributed by atoms with E-state index in [1.54, 1.807) is 0 Å². The highest BCUT2D eigenvalue weighted by atomic mass is 35.5. The summed E-state index contributed by atoms with van der Waals surface area (Å²) in [5.41, 5.74) is -0.265. The summed E-state index contributed by atoms with van der Waals surface area (Å²) in [7, 11) is 2.33. The minimum absolute atomic E-state index is 0.0138. The average Bonchev–Trinajstić information content (AvgIpc) is 2.71. The fourth-order valence-electron chi connectivity index (χ4n) is 2.27. The van der Waals surface area contributed by atoms with Gasteiger partial charge in [-0.3, -0.25) is 14.9 Å². The molecule has 1 N–H and O–H groups in total. The number of esters is 2. The first-order valence-corrected chi connectivity index (χ1v) is 8.31. The van der Waals surface area contributed by atoms with E-state index in [1.807, 2.05) is 0 Å². The molecule has 0 spiro atoms. The Morgan fingerprint density at radius 2 is 1.62 bits per heavy atom. The number of rotatable bonds is 7. The van der Waals surface area contributed by atoms with Crippen LogP contribution in [0.2, 0.25) is 5.02 Å². The molecular formula is C18H15ClN2O8. The normalized spacial score (nSPS) is 10.0. The molecular weight excluding hydrogens is 408 g/mol. The van der Waals surface area contributed by atoms with Crippen molar-refractivity contribution in [1.82, 2.24) is 0 Å². The number of nitro benzene ring substituents is 1. The Morgan fingerprint density at radius 3 is 2.14 bits per heavy atom. The molecule has 0 aromatic heterocycles. The summed E-state index contributed by atoms with van der Waals surface area (Å²) in [4.78, 5) is 46.1. The molecule has 0 saturated carbocycles. The lowest BCUT2D eigenvalue weighted by molar-refractivity contribution is -0.385. The van der Waals surface area contributed by atoms with E-state index in [2.05, 4.69) is 14.8 Å². The van der Waals surface area contributed by atoms with Crippen molar-refractivity contribution >= 4 is 40.8 Å². The lowest BCUT2D eigenvalue weighted by atomic mass is 10.1. The number of nitrogens with one attached hydrogen (secondary N) is 1. The van der Waals surface area contributed by atoms with Crippen LogP contribution in [0.1, 0.15) is 20.7 Å². The van der Waals surface area contributed by atoms with Gasteiger partial charge in [0.2, 0.25) is 0 Å². The van der Waals surface area contributed by atoms with Gasteiger partial charge < -0.3 is 19.5 Å². The molecule has 0 heterocycles. The largest absolute Gasteiger partial charge is 0.477 e. The number of nitrogens with zero attached hydrogens (tertiary/aromatic N) is 1. The summed E-state index contributed by atoms with van der Waals surface area (Å²) in [6, 6.07) is 7.57. The number of hydrogen-bond donors (Lipinski definition) is 1. The van der Waals surface area contributed by atoms with E-state index in [-0.39, 0.29) is 27.6 Å². The number of ether oxygens (including phenoxy) is 3. The molecule has 0 fully saturated rings. The Kier molecular flexibility index (Phi) is 7.10. The highest BCUT2D eigenvalue weighted by Gasteiger charge is 2.18. The van der Waals surface area contributed by atoms with Gasteiger partial charge in [-0.1, -0.05) is 11.6 Å². The SMILES string of the molecule is COC(=O)c1cc(NC(=O)COc2ccc(Cl)cc2[N+](=O)[O-])cc(C(=O)OC)c1. The van der Waals surface area contributed by atoms with Crippen LogP contribution in [0.4, 0.5) is 11.4 Å². The summed E-state index contributed by atoms with van der Waals surface area (Å²) >= 11 is 5.72. The van der Waals surface area contributed by atoms with E-state index in [1.165, 1.54) is 30.3 Å². The summed E-state index contributed by atoms with van der Waals surface area (Å²) in [5, 5.41) is 13.6. The van der Waals surface area contributed by atoms with E-state index in [9.17, 15) is 24.5 Å². The first-order valence-electron chi connectivity index (χ1n) is 7.93. The van der Waals surface area contributed by atoms with Crippen LogP contribution in [0.3, 0.4) is 0 Å². The molecule has 1 amide bonds.